The molecular weight excluding hydrogens is 156 g/mol. The number of nitrogens with zero attached hydrogens (tertiary/aromatic N) is 1. The van der Waals surface area contributed by atoms with Gasteiger partial charge in [-0.15, -0.1) is 11.3 Å². The van der Waals surface area contributed by atoms with Crippen molar-refractivity contribution in [1.82, 2.24) is 4.98 Å². The Hall–Kier alpha value is -0.670. The SMILES string of the molecule is CC(=CCCN)c1nccs1. The molecule has 0 amide bonds. The van der Waals surface area contributed by atoms with Crippen LogP contribution in [0, 0.1) is 0 Å². The van der Waals surface area contributed by atoms with Crippen LogP contribution in [-0.4, -0.2) is 11.5 Å². The second kappa shape index (κ2) is 4.26. The quantitative estimate of drug-likeness (QED) is 0.748. The average Bonchev–Trinajstić information content (AvgIpc) is 2.52. The van der Waals surface area contributed by atoms with Gasteiger partial charge in [-0.05, 0) is 25.5 Å². The molecule has 1 rings (SSSR count). The van der Waals surface area contributed by atoms with E-state index < -0.39 is 0 Å². The molecule has 1 aromatic heterocycles. The highest BCUT2D eigenvalue weighted by Gasteiger charge is 1.95. The fraction of sp³-hybridized carbons (Fsp3) is 0.375. The van der Waals surface area contributed by atoms with E-state index in [-0.39, 0.29) is 0 Å². The van der Waals surface area contributed by atoms with Crippen LogP contribution in [0.15, 0.2) is 17.7 Å². The Morgan fingerprint density at radius 2 is 2.64 bits per heavy atom. The predicted molar refractivity (Wildman–Crippen MR) is 49.4 cm³/mol. The van der Waals surface area contributed by atoms with Crippen LogP contribution in [0.1, 0.15) is 18.4 Å². The van der Waals surface area contributed by atoms with Crippen LogP contribution in [0.25, 0.3) is 5.57 Å². The molecule has 2 nitrogen and oxygen atoms in total. The largest absolute Gasteiger partial charge is 0.330 e. The zero-order valence-corrected chi connectivity index (χ0v) is 7.40. The zero-order valence-electron chi connectivity index (χ0n) is 6.58. The van der Waals surface area contributed by atoms with Gasteiger partial charge in [0.1, 0.15) is 5.01 Å². The average molecular weight is 168 g/mol. The molecule has 0 fully saturated rings. The molecule has 0 saturated carbocycles. The van der Waals surface area contributed by atoms with E-state index in [1.807, 2.05) is 11.6 Å². The molecule has 0 aliphatic rings. The van der Waals surface area contributed by atoms with Crippen molar-refractivity contribution in [3.8, 4) is 0 Å². The first kappa shape index (κ1) is 8.43. The predicted octanol–water partition coefficient (Wildman–Crippen LogP) is 1.90. The van der Waals surface area contributed by atoms with E-state index in [9.17, 15) is 0 Å². The van der Waals surface area contributed by atoms with Crippen LogP contribution in [0.5, 0.6) is 0 Å². The van der Waals surface area contributed by atoms with Gasteiger partial charge in [-0.2, -0.15) is 0 Å². The minimum absolute atomic E-state index is 0.711. The monoisotopic (exact) mass is 168 g/mol. The van der Waals surface area contributed by atoms with Gasteiger partial charge in [0.25, 0.3) is 0 Å². The normalized spacial score (nSPS) is 12.0. The first-order valence-electron chi connectivity index (χ1n) is 3.61. The van der Waals surface area contributed by atoms with E-state index in [1.165, 1.54) is 5.57 Å². The molecule has 0 unspecified atom stereocenters. The maximum absolute atomic E-state index is 5.37. The van der Waals surface area contributed by atoms with Crippen molar-refractivity contribution in [1.29, 1.82) is 0 Å². The topological polar surface area (TPSA) is 38.9 Å². The van der Waals surface area contributed by atoms with Crippen molar-refractivity contribution in [2.75, 3.05) is 6.54 Å². The Kier molecular flexibility index (Phi) is 3.26. The molecule has 0 atom stereocenters. The van der Waals surface area contributed by atoms with Gasteiger partial charge in [0, 0.05) is 11.6 Å². The Bertz CT molecular complexity index is 226. The highest BCUT2D eigenvalue weighted by Crippen LogP contribution is 2.15. The fourth-order valence-corrected chi connectivity index (χ4v) is 1.45. The van der Waals surface area contributed by atoms with Crippen molar-refractivity contribution in [2.45, 2.75) is 13.3 Å². The molecule has 0 spiro atoms. The van der Waals surface area contributed by atoms with Crippen LogP contribution in [0.2, 0.25) is 0 Å². The summed E-state index contributed by atoms with van der Waals surface area (Å²) in [6, 6.07) is 0. The van der Waals surface area contributed by atoms with Crippen LogP contribution < -0.4 is 5.73 Å². The maximum atomic E-state index is 5.37. The molecule has 1 aromatic rings. The van der Waals surface area contributed by atoms with Gasteiger partial charge < -0.3 is 5.73 Å². The molecule has 0 aliphatic heterocycles. The molecule has 3 heteroatoms. The molecule has 60 valence electrons. The molecule has 2 N–H and O–H groups in total. The summed E-state index contributed by atoms with van der Waals surface area (Å²) in [6.07, 6.45) is 4.88. The van der Waals surface area contributed by atoms with Crippen LogP contribution in [0.4, 0.5) is 0 Å². The molecule has 0 radical (unpaired) electrons. The summed E-state index contributed by atoms with van der Waals surface area (Å²) >= 11 is 1.66. The first-order chi connectivity index (χ1) is 5.34. The van der Waals surface area contributed by atoms with Gasteiger partial charge >= 0.3 is 0 Å². The minimum atomic E-state index is 0.711. The Morgan fingerprint density at radius 1 is 1.82 bits per heavy atom. The summed E-state index contributed by atoms with van der Waals surface area (Å²) in [7, 11) is 0. The summed E-state index contributed by atoms with van der Waals surface area (Å²) in [5.41, 5.74) is 6.60. The van der Waals surface area contributed by atoms with E-state index in [4.69, 9.17) is 5.73 Å². The number of nitrogens with two attached hydrogens (primary N) is 1. The minimum Gasteiger partial charge on any atom is -0.330 e. The standard InChI is InChI=1S/C8H12N2S/c1-7(3-2-4-9)8-10-5-6-11-8/h3,5-6H,2,4,9H2,1H3. The molecule has 11 heavy (non-hydrogen) atoms. The summed E-state index contributed by atoms with van der Waals surface area (Å²) in [4.78, 5) is 4.18. The van der Waals surface area contributed by atoms with Crippen molar-refractivity contribution in [3.63, 3.8) is 0 Å². The van der Waals surface area contributed by atoms with Crippen LogP contribution in [-0.2, 0) is 0 Å². The van der Waals surface area contributed by atoms with E-state index in [0.717, 1.165) is 11.4 Å². The molecule has 0 aromatic carbocycles. The van der Waals surface area contributed by atoms with Gasteiger partial charge in [0.15, 0.2) is 0 Å². The van der Waals surface area contributed by atoms with Crippen LogP contribution >= 0.6 is 11.3 Å². The Morgan fingerprint density at radius 3 is 3.18 bits per heavy atom. The molecule has 0 saturated heterocycles. The number of thiazole rings is 1. The third kappa shape index (κ3) is 2.44. The number of allylic oxidation sites excluding steroid dienone is 1. The summed E-state index contributed by atoms with van der Waals surface area (Å²) < 4.78 is 0. The number of hydrogen-bond acceptors (Lipinski definition) is 3. The lowest BCUT2D eigenvalue weighted by atomic mass is 10.2. The van der Waals surface area contributed by atoms with Gasteiger partial charge in [0.05, 0.1) is 0 Å². The van der Waals surface area contributed by atoms with E-state index >= 15 is 0 Å². The summed E-state index contributed by atoms with van der Waals surface area (Å²) in [5.74, 6) is 0. The lowest BCUT2D eigenvalue weighted by molar-refractivity contribution is 1.01. The van der Waals surface area contributed by atoms with Crippen LogP contribution in [0.3, 0.4) is 0 Å². The van der Waals surface area contributed by atoms with Gasteiger partial charge in [-0.1, -0.05) is 6.08 Å². The second-order valence-corrected chi connectivity index (χ2v) is 3.20. The zero-order chi connectivity index (χ0) is 8.10. The molecule has 0 bridgehead atoms. The summed E-state index contributed by atoms with van der Waals surface area (Å²) in [5, 5.41) is 3.08. The van der Waals surface area contributed by atoms with Gasteiger partial charge in [-0.3, -0.25) is 0 Å². The lowest BCUT2D eigenvalue weighted by Gasteiger charge is -1.93. The fourth-order valence-electron chi connectivity index (χ4n) is 0.805. The van der Waals surface area contributed by atoms with Crippen molar-refractivity contribution in [2.24, 2.45) is 5.73 Å². The smallest absolute Gasteiger partial charge is 0.118 e. The second-order valence-electron chi connectivity index (χ2n) is 2.30. The van der Waals surface area contributed by atoms with E-state index in [2.05, 4.69) is 18.0 Å². The van der Waals surface area contributed by atoms with Crippen molar-refractivity contribution < 1.29 is 0 Å². The molecular formula is C8H12N2S. The van der Waals surface area contributed by atoms with Crippen molar-refractivity contribution >= 4 is 16.9 Å². The lowest BCUT2D eigenvalue weighted by Crippen LogP contribution is -1.95. The van der Waals surface area contributed by atoms with E-state index in [0.29, 0.717) is 6.54 Å². The third-order valence-corrected chi connectivity index (χ3v) is 2.30. The first-order valence-corrected chi connectivity index (χ1v) is 4.49. The van der Waals surface area contributed by atoms with E-state index in [1.54, 1.807) is 11.3 Å². The van der Waals surface area contributed by atoms with Crippen molar-refractivity contribution in [3.05, 3.63) is 22.7 Å². The molecule has 1 heterocycles. The van der Waals surface area contributed by atoms with Gasteiger partial charge in [-0.25, -0.2) is 4.98 Å². The number of aromatic nitrogens is 1. The summed E-state index contributed by atoms with van der Waals surface area (Å²) in [6.45, 7) is 2.78. The molecule has 0 aliphatic carbocycles. The number of hydrogen-bond donors (Lipinski definition) is 1. The number of rotatable bonds is 3. The highest BCUT2D eigenvalue weighted by molar-refractivity contribution is 7.10. The third-order valence-electron chi connectivity index (χ3n) is 1.39. The Labute approximate surface area is 70.8 Å². The Balaban J connectivity index is 2.62. The van der Waals surface area contributed by atoms with Gasteiger partial charge in [0.2, 0.25) is 0 Å². The highest BCUT2D eigenvalue weighted by atomic mass is 32.1. The maximum Gasteiger partial charge on any atom is 0.118 e.